The van der Waals surface area contributed by atoms with Crippen LogP contribution < -0.4 is 10.8 Å². The van der Waals surface area contributed by atoms with E-state index < -0.39 is 24.7 Å². The molecule has 0 radical (unpaired) electrons. The van der Waals surface area contributed by atoms with Crippen LogP contribution in [0.2, 0.25) is 0 Å². The largest absolute Gasteiger partial charge is 0.494 e. The lowest BCUT2D eigenvalue weighted by Crippen LogP contribution is -2.41. The van der Waals surface area contributed by atoms with Crippen molar-refractivity contribution in [3.05, 3.63) is 42.2 Å². The molecule has 0 saturated carbocycles. The minimum Gasteiger partial charge on any atom is -0.399 e. The van der Waals surface area contributed by atoms with E-state index in [9.17, 15) is 8.78 Å². The van der Waals surface area contributed by atoms with Gasteiger partial charge in [0.2, 0.25) is 5.95 Å². The molecule has 1 aromatic carbocycles. The molecule has 1 saturated heterocycles. The first-order valence-corrected chi connectivity index (χ1v) is 8.02. The number of halogens is 2. The Balaban J connectivity index is 1.80. The molecule has 1 aromatic heterocycles. The van der Waals surface area contributed by atoms with Crippen molar-refractivity contribution in [3.8, 4) is 0 Å². The second-order valence-corrected chi connectivity index (χ2v) is 6.94. The van der Waals surface area contributed by atoms with Crippen LogP contribution in [0.3, 0.4) is 0 Å². The SMILES string of the molecule is CC1(C)OB(c2cccc(Nc3nccc(C(F)F)n3)c2)OC1(C)C. The molecule has 8 heteroatoms. The fourth-order valence-corrected chi connectivity index (χ4v) is 2.43. The Morgan fingerprint density at radius 3 is 2.40 bits per heavy atom. The smallest absolute Gasteiger partial charge is 0.399 e. The Labute approximate surface area is 145 Å². The van der Waals surface area contributed by atoms with E-state index in [0.29, 0.717) is 5.69 Å². The van der Waals surface area contributed by atoms with Gasteiger partial charge in [-0.15, -0.1) is 0 Å². The van der Waals surface area contributed by atoms with Crippen molar-refractivity contribution < 1.29 is 18.1 Å². The number of anilines is 2. The Kier molecular flexibility index (Phi) is 4.51. The zero-order chi connectivity index (χ0) is 18.2. The highest BCUT2D eigenvalue weighted by atomic mass is 19.3. The summed E-state index contributed by atoms with van der Waals surface area (Å²) in [5, 5.41) is 2.94. The molecule has 0 aliphatic carbocycles. The van der Waals surface area contributed by atoms with Gasteiger partial charge in [0.1, 0.15) is 5.69 Å². The average Bonchev–Trinajstić information content (AvgIpc) is 2.76. The molecule has 5 nitrogen and oxygen atoms in total. The summed E-state index contributed by atoms with van der Waals surface area (Å²) in [5.41, 5.74) is 0.304. The van der Waals surface area contributed by atoms with Gasteiger partial charge in [-0.25, -0.2) is 18.7 Å². The summed E-state index contributed by atoms with van der Waals surface area (Å²) in [7, 11) is -0.500. The standard InChI is InChI=1S/C17H20BF2N3O2/c1-16(2)17(3,4)25-18(24-16)11-6-5-7-12(10-11)22-15-21-9-8-13(23-15)14(19)20/h5-10,14H,1-4H3,(H,21,22,23). The number of alkyl halides is 2. The molecule has 25 heavy (non-hydrogen) atoms. The summed E-state index contributed by atoms with van der Waals surface area (Å²) in [6.07, 6.45) is -1.34. The Bertz CT molecular complexity index is 755. The Morgan fingerprint density at radius 1 is 1.08 bits per heavy atom. The van der Waals surface area contributed by atoms with Gasteiger partial charge in [-0.05, 0) is 51.4 Å². The van der Waals surface area contributed by atoms with Crippen LogP contribution in [-0.4, -0.2) is 28.3 Å². The van der Waals surface area contributed by atoms with E-state index >= 15 is 0 Å². The lowest BCUT2D eigenvalue weighted by Gasteiger charge is -2.32. The zero-order valence-corrected chi connectivity index (χ0v) is 14.6. The lowest BCUT2D eigenvalue weighted by molar-refractivity contribution is 0.00578. The van der Waals surface area contributed by atoms with Crippen LogP contribution in [0.25, 0.3) is 0 Å². The molecule has 0 amide bonds. The van der Waals surface area contributed by atoms with Crippen molar-refractivity contribution in [2.45, 2.75) is 45.3 Å². The van der Waals surface area contributed by atoms with Gasteiger partial charge in [-0.3, -0.25) is 0 Å². The molecule has 1 N–H and O–H groups in total. The molecule has 0 spiro atoms. The third-order valence-corrected chi connectivity index (χ3v) is 4.57. The van der Waals surface area contributed by atoms with Crippen molar-refractivity contribution >= 4 is 24.2 Å². The van der Waals surface area contributed by atoms with Crippen LogP contribution in [0.1, 0.15) is 39.8 Å². The molecule has 2 heterocycles. The molecule has 1 aliphatic heterocycles. The quantitative estimate of drug-likeness (QED) is 0.859. The van der Waals surface area contributed by atoms with Gasteiger partial charge >= 0.3 is 7.12 Å². The molecule has 2 aromatic rings. The third-order valence-electron chi connectivity index (χ3n) is 4.57. The number of rotatable bonds is 4. The number of aromatic nitrogens is 2. The first-order chi connectivity index (χ1) is 11.7. The van der Waals surface area contributed by atoms with E-state index in [1.54, 1.807) is 6.07 Å². The van der Waals surface area contributed by atoms with E-state index in [4.69, 9.17) is 9.31 Å². The monoisotopic (exact) mass is 347 g/mol. The van der Waals surface area contributed by atoms with Crippen molar-refractivity contribution in [1.29, 1.82) is 0 Å². The van der Waals surface area contributed by atoms with Gasteiger partial charge in [0.05, 0.1) is 11.2 Å². The van der Waals surface area contributed by atoms with E-state index in [1.165, 1.54) is 12.3 Å². The second-order valence-electron chi connectivity index (χ2n) is 6.94. The molecule has 132 valence electrons. The summed E-state index contributed by atoms with van der Waals surface area (Å²) in [4.78, 5) is 7.78. The van der Waals surface area contributed by atoms with Gasteiger partial charge < -0.3 is 14.6 Å². The molecule has 1 fully saturated rings. The number of hydrogen-bond acceptors (Lipinski definition) is 5. The fourth-order valence-electron chi connectivity index (χ4n) is 2.43. The highest BCUT2D eigenvalue weighted by Gasteiger charge is 2.51. The van der Waals surface area contributed by atoms with E-state index in [2.05, 4.69) is 15.3 Å². The van der Waals surface area contributed by atoms with Crippen LogP contribution in [0.4, 0.5) is 20.4 Å². The maximum absolute atomic E-state index is 12.7. The van der Waals surface area contributed by atoms with Gasteiger partial charge in [0, 0.05) is 11.9 Å². The number of hydrogen-bond donors (Lipinski definition) is 1. The average molecular weight is 347 g/mol. The van der Waals surface area contributed by atoms with Crippen LogP contribution in [0.15, 0.2) is 36.5 Å². The van der Waals surface area contributed by atoms with Gasteiger partial charge in [0.25, 0.3) is 6.43 Å². The topological polar surface area (TPSA) is 56.3 Å². The third kappa shape index (κ3) is 3.64. The second kappa shape index (κ2) is 6.35. The van der Waals surface area contributed by atoms with Crippen molar-refractivity contribution in [2.75, 3.05) is 5.32 Å². The predicted molar refractivity (Wildman–Crippen MR) is 92.4 cm³/mol. The van der Waals surface area contributed by atoms with E-state index in [-0.39, 0.29) is 11.6 Å². The number of benzene rings is 1. The highest BCUT2D eigenvalue weighted by molar-refractivity contribution is 6.62. The maximum atomic E-state index is 12.7. The van der Waals surface area contributed by atoms with Crippen molar-refractivity contribution in [3.63, 3.8) is 0 Å². The summed E-state index contributed by atoms with van der Waals surface area (Å²) in [6.45, 7) is 7.94. The Hall–Kier alpha value is -2.06. The number of nitrogens with one attached hydrogen (secondary N) is 1. The minimum absolute atomic E-state index is 0.115. The minimum atomic E-state index is -2.64. The molecular weight excluding hydrogens is 327 g/mol. The summed E-state index contributed by atoms with van der Waals surface area (Å²) < 4.78 is 37.5. The summed E-state index contributed by atoms with van der Waals surface area (Å²) in [6, 6.07) is 8.55. The van der Waals surface area contributed by atoms with Gasteiger partial charge in [-0.2, -0.15) is 0 Å². The predicted octanol–water partition coefficient (Wildman–Crippen LogP) is 3.46. The summed E-state index contributed by atoms with van der Waals surface area (Å²) in [5.74, 6) is 0.115. The van der Waals surface area contributed by atoms with Gasteiger partial charge in [0.15, 0.2) is 0 Å². The van der Waals surface area contributed by atoms with Crippen LogP contribution >= 0.6 is 0 Å². The first-order valence-electron chi connectivity index (χ1n) is 8.02. The molecule has 1 aliphatic rings. The molecule has 0 bridgehead atoms. The van der Waals surface area contributed by atoms with Crippen molar-refractivity contribution in [1.82, 2.24) is 9.97 Å². The van der Waals surface area contributed by atoms with Crippen LogP contribution in [-0.2, 0) is 9.31 Å². The molecule has 0 unspecified atom stereocenters. The fraction of sp³-hybridized carbons (Fsp3) is 0.412. The number of nitrogens with zero attached hydrogens (tertiary/aromatic N) is 2. The first kappa shape index (κ1) is 17.8. The van der Waals surface area contributed by atoms with E-state index in [1.807, 2.05) is 45.9 Å². The van der Waals surface area contributed by atoms with E-state index in [0.717, 1.165) is 5.46 Å². The maximum Gasteiger partial charge on any atom is 0.494 e. The van der Waals surface area contributed by atoms with Crippen LogP contribution in [0.5, 0.6) is 0 Å². The zero-order valence-electron chi connectivity index (χ0n) is 14.6. The highest BCUT2D eigenvalue weighted by Crippen LogP contribution is 2.36. The normalized spacial score (nSPS) is 18.6. The lowest BCUT2D eigenvalue weighted by atomic mass is 9.79. The van der Waals surface area contributed by atoms with Crippen molar-refractivity contribution in [2.24, 2.45) is 0 Å². The summed E-state index contributed by atoms with van der Waals surface area (Å²) >= 11 is 0. The van der Waals surface area contributed by atoms with Gasteiger partial charge in [-0.1, -0.05) is 12.1 Å². The van der Waals surface area contributed by atoms with Crippen LogP contribution in [0, 0.1) is 0 Å². The molecule has 3 rings (SSSR count). The Morgan fingerprint density at radius 2 is 1.76 bits per heavy atom. The molecule has 0 atom stereocenters. The molecular formula is C17H20BF2N3O2.